The van der Waals surface area contributed by atoms with E-state index in [9.17, 15) is 0 Å². The van der Waals surface area contributed by atoms with Crippen LogP contribution in [0.3, 0.4) is 0 Å². The predicted octanol–water partition coefficient (Wildman–Crippen LogP) is 3.81. The number of anilines is 1. The zero-order valence-corrected chi connectivity index (χ0v) is 16.0. The fourth-order valence-electron chi connectivity index (χ4n) is 3.38. The van der Waals surface area contributed by atoms with Gasteiger partial charge in [-0.3, -0.25) is 4.98 Å². The topological polar surface area (TPSA) is 85.7 Å². The van der Waals surface area contributed by atoms with Crippen molar-refractivity contribution in [2.24, 2.45) is 0 Å². The molecule has 0 unspecified atom stereocenters. The molecule has 29 heavy (non-hydrogen) atoms. The van der Waals surface area contributed by atoms with Crippen LogP contribution in [0.5, 0.6) is 5.88 Å². The van der Waals surface area contributed by atoms with Crippen molar-refractivity contribution in [1.29, 1.82) is 0 Å². The van der Waals surface area contributed by atoms with Crippen LogP contribution in [0.25, 0.3) is 22.2 Å². The molecule has 0 saturated heterocycles. The number of hydrogen-bond donors (Lipinski definition) is 1. The third kappa shape index (κ3) is 3.71. The lowest BCUT2D eigenvalue weighted by atomic mass is 9.89. The van der Waals surface area contributed by atoms with E-state index in [1.165, 1.54) is 0 Å². The molecule has 7 heteroatoms. The SMILES string of the molecule is Cc1ccc(-c2nccnc2O[C@H]2C[C@H](Nc3ncc4ccccc4n3)C2)cn1. The first-order chi connectivity index (χ1) is 14.2. The second kappa shape index (κ2) is 7.43. The molecule has 3 heterocycles. The lowest BCUT2D eigenvalue weighted by molar-refractivity contribution is 0.103. The third-order valence-electron chi connectivity index (χ3n) is 5.04. The zero-order valence-electron chi connectivity index (χ0n) is 16.0. The maximum atomic E-state index is 6.12. The number of nitrogens with one attached hydrogen (secondary N) is 1. The molecule has 5 rings (SSSR count). The lowest BCUT2D eigenvalue weighted by Gasteiger charge is -2.35. The van der Waals surface area contributed by atoms with E-state index < -0.39 is 0 Å². The van der Waals surface area contributed by atoms with Gasteiger partial charge in [0, 0.05) is 60.3 Å². The van der Waals surface area contributed by atoms with Crippen LogP contribution in [0.1, 0.15) is 18.5 Å². The Kier molecular flexibility index (Phi) is 4.48. The zero-order chi connectivity index (χ0) is 19.6. The summed E-state index contributed by atoms with van der Waals surface area (Å²) in [5.41, 5.74) is 3.52. The molecule has 1 aliphatic carbocycles. The van der Waals surface area contributed by atoms with Crippen LogP contribution in [0.15, 0.2) is 61.2 Å². The highest BCUT2D eigenvalue weighted by Crippen LogP contribution is 2.31. The van der Waals surface area contributed by atoms with Crippen molar-refractivity contribution in [3.8, 4) is 17.1 Å². The van der Waals surface area contributed by atoms with Gasteiger partial charge in [-0.2, -0.15) is 0 Å². The van der Waals surface area contributed by atoms with Gasteiger partial charge in [0.15, 0.2) is 0 Å². The number of hydrogen-bond acceptors (Lipinski definition) is 7. The summed E-state index contributed by atoms with van der Waals surface area (Å²) in [6.45, 7) is 1.96. The molecule has 1 fully saturated rings. The lowest BCUT2D eigenvalue weighted by Crippen LogP contribution is -2.43. The molecule has 0 aliphatic heterocycles. The minimum atomic E-state index is 0.0850. The Morgan fingerprint density at radius 3 is 2.66 bits per heavy atom. The Bertz CT molecular complexity index is 1140. The summed E-state index contributed by atoms with van der Waals surface area (Å²) in [5, 5.41) is 4.43. The number of fused-ring (bicyclic) bond motifs is 1. The van der Waals surface area contributed by atoms with Crippen molar-refractivity contribution in [1.82, 2.24) is 24.9 Å². The molecular weight excluding hydrogens is 364 g/mol. The first kappa shape index (κ1) is 17.5. The smallest absolute Gasteiger partial charge is 0.240 e. The van der Waals surface area contributed by atoms with E-state index in [4.69, 9.17) is 4.74 Å². The number of rotatable bonds is 5. The summed E-state index contributed by atoms with van der Waals surface area (Å²) in [6.07, 6.45) is 8.77. The summed E-state index contributed by atoms with van der Waals surface area (Å²) < 4.78 is 6.12. The van der Waals surface area contributed by atoms with E-state index in [-0.39, 0.29) is 12.1 Å². The van der Waals surface area contributed by atoms with Crippen LogP contribution < -0.4 is 10.1 Å². The molecule has 1 aliphatic rings. The van der Waals surface area contributed by atoms with Gasteiger partial charge in [0.2, 0.25) is 11.8 Å². The molecule has 0 bridgehead atoms. The minimum Gasteiger partial charge on any atom is -0.473 e. The van der Waals surface area contributed by atoms with Crippen molar-refractivity contribution in [3.63, 3.8) is 0 Å². The summed E-state index contributed by atoms with van der Waals surface area (Å²) >= 11 is 0. The first-order valence-electron chi connectivity index (χ1n) is 9.63. The van der Waals surface area contributed by atoms with Crippen molar-refractivity contribution in [3.05, 3.63) is 66.9 Å². The summed E-state index contributed by atoms with van der Waals surface area (Å²) in [4.78, 5) is 22.2. The molecule has 0 spiro atoms. The first-order valence-corrected chi connectivity index (χ1v) is 9.63. The van der Waals surface area contributed by atoms with Crippen LogP contribution in [0.2, 0.25) is 0 Å². The molecule has 3 aromatic heterocycles. The Balaban J connectivity index is 1.23. The maximum absolute atomic E-state index is 6.12. The van der Waals surface area contributed by atoms with Gasteiger partial charge in [-0.05, 0) is 25.1 Å². The molecule has 1 N–H and O–H groups in total. The average Bonchev–Trinajstić information content (AvgIpc) is 2.73. The van der Waals surface area contributed by atoms with Crippen LogP contribution in [0, 0.1) is 6.92 Å². The van der Waals surface area contributed by atoms with Crippen molar-refractivity contribution < 1.29 is 4.74 Å². The van der Waals surface area contributed by atoms with Crippen LogP contribution in [-0.4, -0.2) is 37.1 Å². The van der Waals surface area contributed by atoms with Crippen LogP contribution in [-0.2, 0) is 0 Å². The highest BCUT2D eigenvalue weighted by molar-refractivity contribution is 5.78. The molecule has 1 aromatic carbocycles. The molecule has 0 amide bonds. The van der Waals surface area contributed by atoms with Crippen molar-refractivity contribution >= 4 is 16.9 Å². The average molecular weight is 384 g/mol. The molecule has 7 nitrogen and oxygen atoms in total. The second-order valence-corrected chi connectivity index (χ2v) is 7.20. The number of aromatic nitrogens is 5. The second-order valence-electron chi connectivity index (χ2n) is 7.20. The molecule has 0 radical (unpaired) electrons. The van der Waals surface area contributed by atoms with Gasteiger partial charge >= 0.3 is 0 Å². The number of pyridine rings is 1. The van der Waals surface area contributed by atoms with Gasteiger partial charge in [-0.1, -0.05) is 18.2 Å². The third-order valence-corrected chi connectivity index (χ3v) is 5.04. The number of nitrogens with zero attached hydrogens (tertiary/aromatic N) is 5. The van der Waals surface area contributed by atoms with E-state index in [0.29, 0.717) is 17.5 Å². The van der Waals surface area contributed by atoms with Gasteiger partial charge in [-0.25, -0.2) is 19.9 Å². The standard InChI is InChI=1S/C22H20N6O/c1-14-6-7-16(13-25-14)20-21(24-9-8-23-20)29-18-10-17(11-18)27-22-26-12-15-4-2-3-5-19(15)28-22/h2-9,12-13,17-18H,10-11H2,1H3,(H,26,27,28)/t17-,18-. The normalized spacial score (nSPS) is 18.2. The molecule has 144 valence electrons. The quantitative estimate of drug-likeness (QED) is 0.560. The molecule has 4 aromatic rings. The number of ether oxygens (including phenoxy) is 1. The predicted molar refractivity (Wildman–Crippen MR) is 111 cm³/mol. The summed E-state index contributed by atoms with van der Waals surface area (Å²) in [5.74, 6) is 1.20. The van der Waals surface area contributed by atoms with Crippen LogP contribution in [0.4, 0.5) is 5.95 Å². The summed E-state index contributed by atoms with van der Waals surface area (Å²) in [6, 6.07) is 12.2. The van der Waals surface area contributed by atoms with E-state index in [0.717, 1.165) is 35.0 Å². The van der Waals surface area contributed by atoms with Gasteiger partial charge in [-0.15, -0.1) is 0 Å². The van der Waals surface area contributed by atoms with Crippen molar-refractivity contribution in [2.75, 3.05) is 5.32 Å². The molecular formula is C22H20N6O. The summed E-state index contributed by atoms with van der Waals surface area (Å²) in [7, 11) is 0. The highest BCUT2D eigenvalue weighted by atomic mass is 16.5. The number of benzene rings is 1. The monoisotopic (exact) mass is 384 g/mol. The largest absolute Gasteiger partial charge is 0.473 e. The van der Waals surface area contributed by atoms with Crippen molar-refractivity contribution in [2.45, 2.75) is 31.9 Å². The minimum absolute atomic E-state index is 0.0850. The van der Waals surface area contributed by atoms with E-state index >= 15 is 0 Å². The van der Waals surface area contributed by atoms with Gasteiger partial charge in [0.25, 0.3) is 0 Å². The number of aryl methyl sites for hydroxylation is 1. The molecule has 0 atom stereocenters. The van der Waals surface area contributed by atoms with Gasteiger partial charge in [0.05, 0.1) is 5.52 Å². The van der Waals surface area contributed by atoms with Gasteiger partial charge in [0.1, 0.15) is 11.8 Å². The van der Waals surface area contributed by atoms with Crippen LogP contribution >= 0.6 is 0 Å². The highest BCUT2D eigenvalue weighted by Gasteiger charge is 2.32. The van der Waals surface area contributed by atoms with Gasteiger partial charge < -0.3 is 10.1 Å². The maximum Gasteiger partial charge on any atom is 0.240 e. The van der Waals surface area contributed by atoms with E-state index in [1.54, 1.807) is 18.6 Å². The fourth-order valence-corrected chi connectivity index (χ4v) is 3.38. The Morgan fingerprint density at radius 1 is 0.931 bits per heavy atom. The Labute approximate surface area is 168 Å². The van der Waals surface area contributed by atoms with E-state index in [2.05, 4.69) is 30.2 Å². The van der Waals surface area contributed by atoms with E-state index in [1.807, 2.05) is 49.5 Å². The Hall–Kier alpha value is -3.61. The fraction of sp³-hybridized carbons (Fsp3) is 0.227. The Morgan fingerprint density at radius 2 is 1.79 bits per heavy atom. The molecule has 1 saturated carbocycles. The number of para-hydroxylation sites is 1.